The Morgan fingerprint density at radius 1 is 1.20 bits per heavy atom. The standard InChI is InChI=1S/C14H16N2O4/c1-9(17)16-7-10(8-16)14(18)15-11-2-3-12-13(6-11)20-5-4-19-12/h2-3,6,10H,4-5,7-8H2,1H3,(H,15,18). The molecule has 2 heterocycles. The Morgan fingerprint density at radius 2 is 1.90 bits per heavy atom. The highest BCUT2D eigenvalue weighted by atomic mass is 16.6. The van der Waals surface area contributed by atoms with Crippen molar-refractivity contribution in [2.45, 2.75) is 6.92 Å². The van der Waals surface area contributed by atoms with E-state index in [0.717, 1.165) is 0 Å². The van der Waals surface area contributed by atoms with E-state index in [4.69, 9.17) is 9.47 Å². The number of amides is 2. The van der Waals surface area contributed by atoms with Crippen LogP contribution in [-0.2, 0) is 9.59 Å². The molecule has 0 saturated carbocycles. The molecule has 2 aliphatic rings. The summed E-state index contributed by atoms with van der Waals surface area (Å²) >= 11 is 0. The third-order valence-corrected chi connectivity index (χ3v) is 3.51. The Kier molecular flexibility index (Phi) is 3.22. The van der Waals surface area contributed by atoms with Crippen molar-refractivity contribution in [3.63, 3.8) is 0 Å². The number of nitrogens with zero attached hydrogens (tertiary/aromatic N) is 1. The van der Waals surface area contributed by atoms with Crippen molar-refractivity contribution in [3.8, 4) is 11.5 Å². The summed E-state index contributed by atoms with van der Waals surface area (Å²) < 4.78 is 10.9. The van der Waals surface area contributed by atoms with Gasteiger partial charge in [-0.05, 0) is 12.1 Å². The summed E-state index contributed by atoms with van der Waals surface area (Å²) in [7, 11) is 0. The van der Waals surface area contributed by atoms with Gasteiger partial charge in [-0.1, -0.05) is 0 Å². The third kappa shape index (κ3) is 2.41. The number of likely N-dealkylation sites (tertiary alicyclic amines) is 1. The zero-order valence-corrected chi connectivity index (χ0v) is 11.2. The second kappa shape index (κ2) is 5.03. The molecule has 0 atom stereocenters. The molecule has 3 rings (SSSR count). The van der Waals surface area contributed by atoms with Gasteiger partial charge in [-0.15, -0.1) is 0 Å². The minimum absolute atomic E-state index is 0.00776. The van der Waals surface area contributed by atoms with Gasteiger partial charge in [-0.2, -0.15) is 0 Å². The lowest BCUT2D eigenvalue weighted by Gasteiger charge is -2.37. The third-order valence-electron chi connectivity index (χ3n) is 3.51. The van der Waals surface area contributed by atoms with Crippen LogP contribution in [0.5, 0.6) is 11.5 Å². The molecule has 0 radical (unpaired) electrons. The summed E-state index contributed by atoms with van der Waals surface area (Å²) in [5.74, 6) is 1.15. The minimum Gasteiger partial charge on any atom is -0.486 e. The molecular weight excluding hydrogens is 260 g/mol. The van der Waals surface area contributed by atoms with Crippen molar-refractivity contribution in [3.05, 3.63) is 18.2 Å². The zero-order chi connectivity index (χ0) is 14.1. The summed E-state index contributed by atoms with van der Waals surface area (Å²) in [6.45, 7) is 3.55. The van der Waals surface area contributed by atoms with E-state index in [2.05, 4.69) is 5.32 Å². The molecule has 6 nitrogen and oxygen atoms in total. The lowest BCUT2D eigenvalue weighted by molar-refractivity contribution is -0.139. The van der Waals surface area contributed by atoms with Gasteiger partial charge in [0.2, 0.25) is 11.8 Å². The van der Waals surface area contributed by atoms with Crippen molar-refractivity contribution in [1.82, 2.24) is 4.90 Å². The Hall–Kier alpha value is -2.24. The maximum absolute atomic E-state index is 12.0. The normalized spacial score (nSPS) is 17.4. The summed E-state index contributed by atoms with van der Waals surface area (Å²) in [5, 5.41) is 2.84. The fourth-order valence-electron chi connectivity index (χ4n) is 2.27. The highest BCUT2D eigenvalue weighted by Crippen LogP contribution is 2.32. The first-order valence-electron chi connectivity index (χ1n) is 6.59. The highest BCUT2D eigenvalue weighted by molar-refractivity contribution is 5.94. The average molecular weight is 276 g/mol. The van der Waals surface area contributed by atoms with Crippen LogP contribution in [-0.4, -0.2) is 43.0 Å². The van der Waals surface area contributed by atoms with Crippen LogP contribution in [0.1, 0.15) is 6.92 Å². The number of anilines is 1. The topological polar surface area (TPSA) is 67.9 Å². The molecule has 6 heteroatoms. The Morgan fingerprint density at radius 3 is 2.60 bits per heavy atom. The van der Waals surface area contributed by atoms with Crippen LogP contribution in [0, 0.1) is 5.92 Å². The van der Waals surface area contributed by atoms with Crippen LogP contribution in [0.2, 0.25) is 0 Å². The fourth-order valence-corrected chi connectivity index (χ4v) is 2.27. The van der Waals surface area contributed by atoms with Gasteiger partial charge >= 0.3 is 0 Å². The van der Waals surface area contributed by atoms with Gasteiger partial charge in [0.25, 0.3) is 0 Å². The van der Waals surface area contributed by atoms with Crippen molar-refractivity contribution in [2.75, 3.05) is 31.6 Å². The molecule has 0 unspecified atom stereocenters. The molecule has 1 aromatic carbocycles. The molecule has 0 aliphatic carbocycles. The maximum Gasteiger partial charge on any atom is 0.231 e. The molecule has 0 spiro atoms. The van der Waals surface area contributed by atoms with Crippen molar-refractivity contribution >= 4 is 17.5 Å². The monoisotopic (exact) mass is 276 g/mol. The van der Waals surface area contributed by atoms with Crippen LogP contribution in [0.25, 0.3) is 0 Å². The number of carbonyl (C=O) groups excluding carboxylic acids is 2. The predicted molar refractivity (Wildman–Crippen MR) is 71.8 cm³/mol. The van der Waals surface area contributed by atoms with E-state index in [1.165, 1.54) is 6.92 Å². The van der Waals surface area contributed by atoms with Gasteiger partial charge in [-0.3, -0.25) is 9.59 Å². The Labute approximate surface area is 116 Å². The van der Waals surface area contributed by atoms with Crippen molar-refractivity contribution in [1.29, 1.82) is 0 Å². The van der Waals surface area contributed by atoms with E-state index in [1.54, 1.807) is 23.1 Å². The fraction of sp³-hybridized carbons (Fsp3) is 0.429. The number of nitrogens with one attached hydrogen (secondary N) is 1. The molecule has 20 heavy (non-hydrogen) atoms. The van der Waals surface area contributed by atoms with E-state index in [9.17, 15) is 9.59 Å². The van der Waals surface area contributed by atoms with Gasteiger partial charge < -0.3 is 19.7 Å². The van der Waals surface area contributed by atoms with Crippen molar-refractivity contribution in [2.24, 2.45) is 5.92 Å². The summed E-state index contributed by atoms with van der Waals surface area (Å²) in [6, 6.07) is 5.33. The van der Waals surface area contributed by atoms with Crippen LogP contribution in [0.3, 0.4) is 0 Å². The Bertz CT molecular complexity index is 552. The van der Waals surface area contributed by atoms with Crippen LogP contribution < -0.4 is 14.8 Å². The molecule has 2 amide bonds. The zero-order valence-electron chi connectivity index (χ0n) is 11.2. The van der Waals surface area contributed by atoms with Crippen LogP contribution >= 0.6 is 0 Å². The second-order valence-electron chi connectivity index (χ2n) is 4.97. The van der Waals surface area contributed by atoms with Gasteiger partial charge in [0.15, 0.2) is 11.5 Å². The molecule has 1 N–H and O–H groups in total. The average Bonchev–Trinajstić information content (AvgIpc) is 2.36. The largest absolute Gasteiger partial charge is 0.486 e. The van der Waals surface area contributed by atoms with Crippen molar-refractivity contribution < 1.29 is 19.1 Å². The first-order chi connectivity index (χ1) is 9.63. The van der Waals surface area contributed by atoms with E-state index in [1.807, 2.05) is 0 Å². The molecule has 1 fully saturated rings. The summed E-state index contributed by atoms with van der Waals surface area (Å²) in [4.78, 5) is 24.7. The van der Waals surface area contributed by atoms with Gasteiger partial charge in [-0.25, -0.2) is 0 Å². The lowest BCUT2D eigenvalue weighted by Crippen LogP contribution is -2.53. The summed E-state index contributed by atoms with van der Waals surface area (Å²) in [5.41, 5.74) is 0.681. The number of carbonyl (C=O) groups is 2. The van der Waals surface area contributed by atoms with Gasteiger partial charge in [0.1, 0.15) is 13.2 Å². The molecule has 1 aromatic rings. The minimum atomic E-state index is -0.132. The molecule has 0 aromatic heterocycles. The molecule has 0 bridgehead atoms. The highest BCUT2D eigenvalue weighted by Gasteiger charge is 2.34. The van der Waals surface area contributed by atoms with E-state index in [-0.39, 0.29) is 17.7 Å². The van der Waals surface area contributed by atoms with Crippen LogP contribution in [0.4, 0.5) is 5.69 Å². The van der Waals surface area contributed by atoms with E-state index in [0.29, 0.717) is 43.5 Å². The second-order valence-corrected chi connectivity index (χ2v) is 4.97. The number of benzene rings is 1. The quantitative estimate of drug-likeness (QED) is 0.870. The SMILES string of the molecule is CC(=O)N1CC(C(=O)Nc2ccc3c(c2)OCCO3)C1. The molecule has 1 saturated heterocycles. The molecule has 2 aliphatic heterocycles. The predicted octanol–water partition coefficient (Wildman–Crippen LogP) is 0.875. The number of fused-ring (bicyclic) bond motifs is 1. The first kappa shape index (κ1) is 12.8. The molecular formula is C14H16N2O4. The first-order valence-corrected chi connectivity index (χ1v) is 6.59. The maximum atomic E-state index is 12.0. The Balaban J connectivity index is 1.61. The van der Waals surface area contributed by atoms with Gasteiger partial charge in [0, 0.05) is 31.8 Å². The van der Waals surface area contributed by atoms with Gasteiger partial charge in [0.05, 0.1) is 5.92 Å². The smallest absolute Gasteiger partial charge is 0.231 e. The van der Waals surface area contributed by atoms with E-state index >= 15 is 0 Å². The van der Waals surface area contributed by atoms with E-state index < -0.39 is 0 Å². The van der Waals surface area contributed by atoms with Crippen LogP contribution in [0.15, 0.2) is 18.2 Å². The molecule has 106 valence electrons. The number of rotatable bonds is 2. The number of hydrogen-bond acceptors (Lipinski definition) is 4. The summed E-state index contributed by atoms with van der Waals surface area (Å²) in [6.07, 6.45) is 0. The number of ether oxygens (including phenoxy) is 2. The number of hydrogen-bond donors (Lipinski definition) is 1. The lowest BCUT2D eigenvalue weighted by atomic mass is 9.99.